The predicted octanol–water partition coefficient (Wildman–Crippen LogP) is 3.81. The van der Waals surface area contributed by atoms with Crippen LogP contribution in [0.1, 0.15) is 30.3 Å². The zero-order valence-electron chi connectivity index (χ0n) is 12.2. The second kappa shape index (κ2) is 5.39. The van der Waals surface area contributed by atoms with Crippen molar-refractivity contribution in [1.29, 1.82) is 0 Å². The number of amidine groups is 1. The van der Waals surface area contributed by atoms with Crippen LogP contribution in [-0.4, -0.2) is 26.8 Å². The lowest BCUT2D eigenvalue weighted by atomic mass is 9.96. The maximum Gasteiger partial charge on any atom is 0.160 e. The topological polar surface area (TPSA) is 28.5 Å². The van der Waals surface area contributed by atoms with Gasteiger partial charge in [0.15, 0.2) is 5.17 Å². The highest BCUT2D eigenvalue weighted by molar-refractivity contribution is 8.14. The largest absolute Gasteiger partial charge is 0.341 e. The van der Waals surface area contributed by atoms with Crippen LogP contribution in [0.3, 0.4) is 0 Å². The monoisotopic (exact) mass is 313 g/mol. The molecule has 22 heavy (non-hydrogen) atoms. The van der Waals surface area contributed by atoms with Gasteiger partial charge in [-0.1, -0.05) is 36.9 Å². The van der Waals surface area contributed by atoms with Gasteiger partial charge in [-0.2, -0.15) is 0 Å². The number of halogens is 1. The summed E-state index contributed by atoms with van der Waals surface area (Å²) in [5.74, 6) is -0.207. The molecule has 3 atom stereocenters. The summed E-state index contributed by atoms with van der Waals surface area (Å²) in [6.07, 6.45) is 1.80. The van der Waals surface area contributed by atoms with E-state index in [0.717, 1.165) is 23.0 Å². The van der Waals surface area contributed by atoms with Gasteiger partial charge in [0.1, 0.15) is 11.9 Å². The number of rotatable bonds is 2. The zero-order chi connectivity index (χ0) is 15.1. The van der Waals surface area contributed by atoms with E-state index in [1.165, 1.54) is 12.1 Å². The van der Waals surface area contributed by atoms with E-state index in [9.17, 15) is 4.39 Å². The van der Waals surface area contributed by atoms with E-state index in [2.05, 4.69) is 16.8 Å². The number of benzene rings is 1. The first kappa shape index (κ1) is 13.8. The van der Waals surface area contributed by atoms with E-state index in [-0.39, 0.29) is 17.9 Å². The van der Waals surface area contributed by atoms with E-state index >= 15 is 0 Å². The molecular formula is C17H16FN3S. The van der Waals surface area contributed by atoms with Crippen LogP contribution in [0.2, 0.25) is 0 Å². The number of hydrogen-bond acceptors (Lipinski definition) is 4. The Labute approximate surface area is 133 Å². The van der Waals surface area contributed by atoms with Gasteiger partial charge < -0.3 is 4.90 Å². The van der Waals surface area contributed by atoms with Crippen molar-refractivity contribution in [3.8, 4) is 0 Å². The molecule has 3 heterocycles. The van der Waals surface area contributed by atoms with Crippen molar-refractivity contribution in [3.63, 3.8) is 0 Å². The van der Waals surface area contributed by atoms with Crippen LogP contribution in [0.4, 0.5) is 4.39 Å². The number of thioether (sulfide) groups is 1. The van der Waals surface area contributed by atoms with Gasteiger partial charge in [-0.05, 0) is 29.8 Å². The molecule has 1 aromatic carbocycles. The van der Waals surface area contributed by atoms with Crippen LogP contribution in [0.15, 0.2) is 53.7 Å². The van der Waals surface area contributed by atoms with Crippen molar-refractivity contribution in [2.24, 2.45) is 4.99 Å². The normalized spacial score (nSPS) is 26.9. The molecule has 1 aromatic heterocycles. The van der Waals surface area contributed by atoms with Crippen LogP contribution >= 0.6 is 11.8 Å². The summed E-state index contributed by atoms with van der Waals surface area (Å²) in [6, 6.07) is 12.8. The highest BCUT2D eigenvalue weighted by atomic mass is 32.2. The number of nitrogens with zero attached hydrogens (tertiary/aromatic N) is 3. The van der Waals surface area contributed by atoms with E-state index in [4.69, 9.17) is 4.99 Å². The predicted molar refractivity (Wildman–Crippen MR) is 87.3 cm³/mol. The van der Waals surface area contributed by atoms with Crippen molar-refractivity contribution in [3.05, 3.63) is 65.7 Å². The third-order valence-corrected chi connectivity index (χ3v) is 5.19. The van der Waals surface area contributed by atoms with Gasteiger partial charge in [-0.3, -0.25) is 9.98 Å². The maximum atomic E-state index is 13.3. The first-order valence-corrected chi connectivity index (χ1v) is 8.28. The van der Waals surface area contributed by atoms with Crippen molar-refractivity contribution in [2.45, 2.75) is 24.3 Å². The van der Waals surface area contributed by atoms with Crippen LogP contribution in [0.5, 0.6) is 0 Å². The smallest absolute Gasteiger partial charge is 0.160 e. The van der Waals surface area contributed by atoms with Crippen molar-refractivity contribution < 1.29 is 4.39 Å². The minimum Gasteiger partial charge on any atom is -0.341 e. The number of fused-ring (bicyclic) bond motifs is 1. The lowest BCUT2D eigenvalue weighted by Gasteiger charge is -2.27. The number of pyridine rings is 1. The molecule has 1 saturated heterocycles. The fourth-order valence-corrected chi connectivity index (χ4v) is 4.23. The third kappa shape index (κ3) is 2.29. The average molecular weight is 313 g/mol. The Morgan fingerprint density at radius 1 is 1.18 bits per heavy atom. The molecule has 0 spiro atoms. The summed E-state index contributed by atoms with van der Waals surface area (Å²) in [4.78, 5) is 11.7. The van der Waals surface area contributed by atoms with E-state index in [1.807, 2.05) is 42.1 Å². The number of aliphatic imine (C=N–C) groups is 1. The fraction of sp³-hybridized carbons (Fsp3) is 0.294. The minimum atomic E-state index is -0.207. The molecule has 0 saturated carbocycles. The fourth-order valence-electron chi connectivity index (χ4n) is 3.14. The lowest BCUT2D eigenvalue weighted by Crippen LogP contribution is -2.28. The standard InChI is InChI=1S/C17H16FN3S/c1-11-10-21-16(12-5-7-13(18)8-6-12)15(20-17(21)22-11)14-4-2-3-9-19-14/h2-9,11,15-16H,10H2,1H3/t11-,15-,16+/m1/s1. The summed E-state index contributed by atoms with van der Waals surface area (Å²) in [7, 11) is 0. The van der Waals surface area contributed by atoms with Gasteiger partial charge >= 0.3 is 0 Å². The molecule has 0 unspecified atom stereocenters. The molecule has 0 radical (unpaired) electrons. The van der Waals surface area contributed by atoms with Gasteiger partial charge in [0.2, 0.25) is 0 Å². The zero-order valence-corrected chi connectivity index (χ0v) is 13.0. The summed E-state index contributed by atoms with van der Waals surface area (Å²) < 4.78 is 13.3. The molecule has 0 amide bonds. The van der Waals surface area contributed by atoms with Crippen LogP contribution < -0.4 is 0 Å². The molecule has 0 bridgehead atoms. The van der Waals surface area contributed by atoms with Gasteiger partial charge in [0.25, 0.3) is 0 Å². The molecule has 0 N–H and O–H groups in total. The second-order valence-corrected chi connectivity index (χ2v) is 7.09. The summed E-state index contributed by atoms with van der Waals surface area (Å²) in [6.45, 7) is 3.18. The maximum absolute atomic E-state index is 13.3. The van der Waals surface area contributed by atoms with Crippen LogP contribution in [0.25, 0.3) is 0 Å². The Bertz CT molecular complexity index is 702. The van der Waals surface area contributed by atoms with E-state index < -0.39 is 0 Å². The Kier molecular flexibility index (Phi) is 3.37. The first-order chi connectivity index (χ1) is 10.7. The van der Waals surface area contributed by atoms with Crippen LogP contribution in [-0.2, 0) is 0 Å². The van der Waals surface area contributed by atoms with Crippen LogP contribution in [0, 0.1) is 5.82 Å². The number of hydrogen-bond donors (Lipinski definition) is 0. The minimum absolute atomic E-state index is 0.0262. The first-order valence-electron chi connectivity index (χ1n) is 7.40. The van der Waals surface area contributed by atoms with Crippen molar-refractivity contribution in [2.75, 3.05) is 6.54 Å². The van der Waals surface area contributed by atoms with Gasteiger partial charge in [-0.15, -0.1) is 0 Å². The SMILES string of the molecule is C[C@@H]1CN2C(=N[C@H](c3ccccn3)[C@@H]2c2ccc(F)cc2)S1. The number of aromatic nitrogens is 1. The molecule has 3 nitrogen and oxygen atoms in total. The van der Waals surface area contributed by atoms with Gasteiger partial charge in [-0.25, -0.2) is 4.39 Å². The molecule has 1 fully saturated rings. The summed E-state index contributed by atoms with van der Waals surface area (Å²) in [5, 5.41) is 1.61. The van der Waals surface area contributed by atoms with Crippen molar-refractivity contribution in [1.82, 2.24) is 9.88 Å². The van der Waals surface area contributed by atoms with E-state index in [0.29, 0.717) is 5.25 Å². The summed E-state index contributed by atoms with van der Waals surface area (Å²) in [5.41, 5.74) is 2.05. The molecule has 5 heteroatoms. The Balaban J connectivity index is 1.76. The second-order valence-electron chi connectivity index (χ2n) is 5.69. The highest BCUT2D eigenvalue weighted by Crippen LogP contribution is 2.47. The highest BCUT2D eigenvalue weighted by Gasteiger charge is 2.43. The summed E-state index contributed by atoms with van der Waals surface area (Å²) >= 11 is 1.81. The Morgan fingerprint density at radius 2 is 2.00 bits per heavy atom. The molecular weight excluding hydrogens is 297 g/mol. The van der Waals surface area contributed by atoms with Gasteiger partial charge in [0, 0.05) is 18.0 Å². The molecule has 4 rings (SSSR count). The molecule has 0 aliphatic carbocycles. The van der Waals surface area contributed by atoms with E-state index in [1.54, 1.807) is 6.20 Å². The molecule has 2 aromatic rings. The molecule has 2 aliphatic heterocycles. The van der Waals surface area contributed by atoms with Crippen molar-refractivity contribution >= 4 is 16.9 Å². The molecule has 2 aliphatic rings. The average Bonchev–Trinajstić information content (AvgIpc) is 3.05. The quantitative estimate of drug-likeness (QED) is 0.844. The molecule has 112 valence electrons. The Morgan fingerprint density at radius 3 is 2.73 bits per heavy atom. The third-order valence-electron chi connectivity index (χ3n) is 4.09. The Hall–Kier alpha value is -1.88. The lowest BCUT2D eigenvalue weighted by molar-refractivity contribution is 0.321. The van der Waals surface area contributed by atoms with Gasteiger partial charge in [0.05, 0.1) is 11.7 Å².